The molecule has 1 aromatic rings. The van der Waals surface area contributed by atoms with Crippen LogP contribution < -0.4 is 0 Å². The van der Waals surface area contributed by atoms with Crippen molar-refractivity contribution in [2.75, 3.05) is 13.1 Å². The summed E-state index contributed by atoms with van der Waals surface area (Å²) in [6.45, 7) is 3.46. The summed E-state index contributed by atoms with van der Waals surface area (Å²) in [5.41, 5.74) is 1.06. The number of carboxylic acids is 1. The number of carboxylic acid groups (broad SMARTS) is 1. The molecule has 0 aliphatic carbocycles. The predicted octanol–water partition coefficient (Wildman–Crippen LogP) is 2.68. The molecule has 0 bridgehead atoms. The van der Waals surface area contributed by atoms with Crippen molar-refractivity contribution < 1.29 is 14.3 Å². The van der Waals surface area contributed by atoms with Crippen molar-refractivity contribution in [3.63, 3.8) is 0 Å². The number of carbonyl (C=O) groups is 1. The van der Waals surface area contributed by atoms with E-state index in [1.807, 2.05) is 0 Å². The minimum absolute atomic E-state index is 0.190. The molecule has 0 saturated carbocycles. The zero-order valence-electron chi connectivity index (χ0n) is 10.5. The van der Waals surface area contributed by atoms with E-state index in [1.165, 1.54) is 12.1 Å². The Morgan fingerprint density at radius 3 is 2.67 bits per heavy atom. The van der Waals surface area contributed by atoms with E-state index >= 15 is 0 Å². The standard InChI is InChI=1S/C14H18FNO2/c1-2-13(10-3-5-12(15)6-4-10)16-8-7-11(9-16)14(17)18/h3-6,11,13H,2,7-9H2,1H3,(H,17,18)/t11-,13-/m0/s1. The second kappa shape index (κ2) is 5.48. The van der Waals surface area contributed by atoms with E-state index in [0.717, 1.165) is 18.5 Å². The lowest BCUT2D eigenvalue weighted by molar-refractivity contribution is -0.141. The quantitative estimate of drug-likeness (QED) is 0.894. The van der Waals surface area contributed by atoms with E-state index in [9.17, 15) is 9.18 Å². The Morgan fingerprint density at radius 1 is 1.50 bits per heavy atom. The molecule has 3 nitrogen and oxygen atoms in total. The molecule has 1 saturated heterocycles. The first-order valence-corrected chi connectivity index (χ1v) is 6.34. The smallest absolute Gasteiger partial charge is 0.307 e. The average molecular weight is 251 g/mol. The first kappa shape index (κ1) is 13.0. The lowest BCUT2D eigenvalue weighted by Crippen LogP contribution is -2.27. The van der Waals surface area contributed by atoms with Crippen molar-refractivity contribution in [1.29, 1.82) is 0 Å². The largest absolute Gasteiger partial charge is 0.481 e. The Kier molecular flexibility index (Phi) is 3.97. The lowest BCUT2D eigenvalue weighted by Gasteiger charge is -2.27. The van der Waals surface area contributed by atoms with Crippen LogP contribution >= 0.6 is 0 Å². The van der Waals surface area contributed by atoms with Gasteiger partial charge in [-0.1, -0.05) is 19.1 Å². The fourth-order valence-electron chi connectivity index (χ4n) is 2.66. The highest BCUT2D eigenvalue weighted by Crippen LogP contribution is 2.30. The first-order valence-electron chi connectivity index (χ1n) is 6.34. The van der Waals surface area contributed by atoms with Gasteiger partial charge in [0.1, 0.15) is 5.82 Å². The molecule has 2 atom stereocenters. The summed E-state index contributed by atoms with van der Waals surface area (Å²) in [5, 5.41) is 9.02. The fourth-order valence-corrected chi connectivity index (χ4v) is 2.66. The van der Waals surface area contributed by atoms with Gasteiger partial charge in [-0.15, -0.1) is 0 Å². The molecule has 1 aliphatic heterocycles. The van der Waals surface area contributed by atoms with Crippen LogP contribution in [0.5, 0.6) is 0 Å². The van der Waals surface area contributed by atoms with Crippen molar-refractivity contribution in [2.45, 2.75) is 25.8 Å². The molecule has 0 spiro atoms. The molecular formula is C14H18FNO2. The maximum absolute atomic E-state index is 12.9. The molecule has 2 rings (SSSR count). The van der Waals surface area contributed by atoms with Crippen LogP contribution in [0.1, 0.15) is 31.4 Å². The minimum atomic E-state index is -0.716. The van der Waals surface area contributed by atoms with Gasteiger partial charge in [0.25, 0.3) is 0 Å². The summed E-state index contributed by atoms with van der Waals surface area (Å²) < 4.78 is 12.9. The van der Waals surface area contributed by atoms with E-state index in [2.05, 4.69) is 11.8 Å². The van der Waals surface area contributed by atoms with Crippen molar-refractivity contribution in [1.82, 2.24) is 4.90 Å². The molecule has 1 aromatic carbocycles. The van der Waals surface area contributed by atoms with Crippen LogP contribution in [0.4, 0.5) is 4.39 Å². The van der Waals surface area contributed by atoms with Crippen molar-refractivity contribution in [3.8, 4) is 0 Å². The van der Waals surface area contributed by atoms with Crippen LogP contribution in [0, 0.1) is 11.7 Å². The Labute approximate surface area is 106 Å². The van der Waals surface area contributed by atoms with Crippen LogP contribution in [0.3, 0.4) is 0 Å². The molecule has 98 valence electrons. The van der Waals surface area contributed by atoms with E-state index < -0.39 is 5.97 Å². The normalized spacial score (nSPS) is 22.0. The molecular weight excluding hydrogens is 233 g/mol. The second-order valence-electron chi connectivity index (χ2n) is 4.79. The third-order valence-corrected chi connectivity index (χ3v) is 3.65. The van der Waals surface area contributed by atoms with E-state index in [0.29, 0.717) is 13.0 Å². The molecule has 1 aliphatic rings. The summed E-state index contributed by atoms with van der Waals surface area (Å²) in [6, 6.07) is 6.69. The highest BCUT2D eigenvalue weighted by Gasteiger charge is 2.31. The number of likely N-dealkylation sites (tertiary alicyclic amines) is 1. The predicted molar refractivity (Wildman–Crippen MR) is 66.7 cm³/mol. The summed E-state index contributed by atoms with van der Waals surface area (Å²) in [4.78, 5) is 13.1. The van der Waals surface area contributed by atoms with Gasteiger partial charge in [-0.2, -0.15) is 0 Å². The van der Waals surface area contributed by atoms with Gasteiger partial charge in [-0.3, -0.25) is 9.69 Å². The number of hydrogen-bond donors (Lipinski definition) is 1. The Bertz CT molecular complexity index is 418. The van der Waals surface area contributed by atoms with Gasteiger partial charge in [0.05, 0.1) is 5.92 Å². The minimum Gasteiger partial charge on any atom is -0.481 e. The van der Waals surface area contributed by atoms with Crippen molar-refractivity contribution >= 4 is 5.97 Å². The van der Waals surface area contributed by atoms with Gasteiger partial charge in [0.2, 0.25) is 0 Å². The zero-order valence-corrected chi connectivity index (χ0v) is 10.5. The van der Waals surface area contributed by atoms with Crippen molar-refractivity contribution in [3.05, 3.63) is 35.6 Å². The van der Waals surface area contributed by atoms with E-state index in [4.69, 9.17) is 5.11 Å². The van der Waals surface area contributed by atoms with Gasteiger partial charge < -0.3 is 5.11 Å². The maximum atomic E-state index is 12.9. The molecule has 1 N–H and O–H groups in total. The number of rotatable bonds is 4. The third-order valence-electron chi connectivity index (χ3n) is 3.65. The fraction of sp³-hybridized carbons (Fsp3) is 0.500. The van der Waals surface area contributed by atoms with Crippen LogP contribution in [-0.4, -0.2) is 29.1 Å². The molecule has 0 amide bonds. The van der Waals surface area contributed by atoms with Gasteiger partial charge in [0, 0.05) is 12.6 Å². The number of nitrogens with zero attached hydrogens (tertiary/aromatic N) is 1. The number of benzene rings is 1. The van der Waals surface area contributed by atoms with Gasteiger partial charge in [-0.25, -0.2) is 4.39 Å². The monoisotopic (exact) mass is 251 g/mol. The number of halogens is 1. The first-order chi connectivity index (χ1) is 8.61. The topological polar surface area (TPSA) is 40.5 Å². The number of aliphatic carboxylic acids is 1. The molecule has 0 radical (unpaired) electrons. The number of hydrogen-bond acceptors (Lipinski definition) is 2. The molecule has 1 heterocycles. The summed E-state index contributed by atoms with van der Waals surface area (Å²) in [7, 11) is 0. The molecule has 0 unspecified atom stereocenters. The molecule has 0 aromatic heterocycles. The maximum Gasteiger partial charge on any atom is 0.307 e. The van der Waals surface area contributed by atoms with Crippen LogP contribution in [0.15, 0.2) is 24.3 Å². The van der Waals surface area contributed by atoms with Gasteiger partial charge >= 0.3 is 5.97 Å². The van der Waals surface area contributed by atoms with Crippen molar-refractivity contribution in [2.24, 2.45) is 5.92 Å². The summed E-state index contributed by atoms with van der Waals surface area (Å²) >= 11 is 0. The van der Waals surface area contributed by atoms with E-state index in [-0.39, 0.29) is 17.8 Å². The third kappa shape index (κ3) is 2.70. The highest BCUT2D eigenvalue weighted by atomic mass is 19.1. The Balaban J connectivity index is 2.10. The zero-order chi connectivity index (χ0) is 13.1. The van der Waals surface area contributed by atoms with Crippen LogP contribution in [0.2, 0.25) is 0 Å². The summed E-state index contributed by atoms with van der Waals surface area (Å²) in [6.07, 6.45) is 1.60. The molecule has 4 heteroatoms. The highest BCUT2D eigenvalue weighted by molar-refractivity contribution is 5.70. The van der Waals surface area contributed by atoms with Gasteiger partial charge in [-0.05, 0) is 37.1 Å². The SMILES string of the molecule is CC[C@@H](c1ccc(F)cc1)N1CC[C@H](C(=O)O)C1. The van der Waals surface area contributed by atoms with Crippen LogP contribution in [-0.2, 0) is 4.79 Å². The van der Waals surface area contributed by atoms with Crippen LogP contribution in [0.25, 0.3) is 0 Å². The molecule has 1 fully saturated rings. The lowest BCUT2D eigenvalue weighted by atomic mass is 10.0. The Hall–Kier alpha value is -1.42. The molecule has 18 heavy (non-hydrogen) atoms. The second-order valence-corrected chi connectivity index (χ2v) is 4.79. The van der Waals surface area contributed by atoms with E-state index in [1.54, 1.807) is 12.1 Å². The average Bonchev–Trinajstić information content (AvgIpc) is 2.82. The summed E-state index contributed by atoms with van der Waals surface area (Å²) in [5.74, 6) is -1.22. The van der Waals surface area contributed by atoms with Gasteiger partial charge in [0.15, 0.2) is 0 Å². The Morgan fingerprint density at radius 2 is 2.17 bits per heavy atom.